The highest BCUT2D eigenvalue weighted by atomic mass is 19.4. The number of nitrogens with zero attached hydrogens (tertiary/aromatic N) is 3. The molecule has 1 aromatic carbocycles. The molecule has 3 aromatic rings. The molecule has 2 N–H and O–H groups in total. The molecule has 0 spiro atoms. The van der Waals surface area contributed by atoms with Crippen LogP contribution in [0.25, 0.3) is 16.9 Å². The molecule has 0 saturated carbocycles. The van der Waals surface area contributed by atoms with E-state index in [1.165, 1.54) is 28.9 Å². The van der Waals surface area contributed by atoms with Crippen LogP contribution in [-0.2, 0) is 6.18 Å². The number of hydrogen-bond acceptors (Lipinski definition) is 3. The van der Waals surface area contributed by atoms with Gasteiger partial charge in [0.05, 0.1) is 29.3 Å². The normalized spacial score (nSPS) is 12.0. The van der Waals surface area contributed by atoms with Crippen molar-refractivity contribution < 1.29 is 13.2 Å². The second-order valence-corrected chi connectivity index (χ2v) is 4.67. The van der Waals surface area contributed by atoms with E-state index in [9.17, 15) is 13.2 Å². The Labute approximate surface area is 118 Å². The Kier molecular flexibility index (Phi) is 2.86. The lowest BCUT2D eigenvalue weighted by atomic mass is 10.0. The maximum Gasteiger partial charge on any atom is 0.417 e. The van der Waals surface area contributed by atoms with E-state index in [0.717, 1.165) is 11.6 Å². The molecule has 0 atom stereocenters. The number of nitrogen functional groups attached to an aromatic ring is 1. The molecule has 3 rings (SSSR count). The Hall–Kier alpha value is -2.57. The average molecular weight is 292 g/mol. The van der Waals surface area contributed by atoms with Crippen LogP contribution < -0.4 is 5.73 Å². The topological polar surface area (TPSA) is 56.2 Å². The first-order valence-electron chi connectivity index (χ1n) is 6.15. The molecule has 2 aromatic heterocycles. The van der Waals surface area contributed by atoms with E-state index in [2.05, 4.69) is 10.1 Å². The molecule has 0 fully saturated rings. The molecule has 2 heterocycles. The summed E-state index contributed by atoms with van der Waals surface area (Å²) in [4.78, 5) is 4.11. The number of hydrogen-bond donors (Lipinski definition) is 1. The van der Waals surface area contributed by atoms with Crippen molar-refractivity contribution in [3.63, 3.8) is 0 Å². The summed E-state index contributed by atoms with van der Waals surface area (Å²) in [5.74, 6) is 0. The highest BCUT2D eigenvalue weighted by Crippen LogP contribution is 2.38. The van der Waals surface area contributed by atoms with Gasteiger partial charge in [-0.15, -0.1) is 0 Å². The van der Waals surface area contributed by atoms with Crippen molar-refractivity contribution in [1.29, 1.82) is 0 Å². The fourth-order valence-corrected chi connectivity index (χ4v) is 2.26. The first-order valence-corrected chi connectivity index (χ1v) is 6.15. The van der Waals surface area contributed by atoms with E-state index >= 15 is 0 Å². The molecule has 0 aliphatic heterocycles. The van der Waals surface area contributed by atoms with Crippen LogP contribution in [0.1, 0.15) is 11.1 Å². The minimum absolute atomic E-state index is 0.0157. The molecule has 0 radical (unpaired) electrons. The lowest BCUT2D eigenvalue weighted by Gasteiger charge is -2.15. The lowest BCUT2D eigenvalue weighted by molar-refractivity contribution is -0.137. The zero-order chi connectivity index (χ0) is 15.2. The quantitative estimate of drug-likeness (QED) is 0.748. The maximum atomic E-state index is 13.2. The summed E-state index contributed by atoms with van der Waals surface area (Å²) < 4.78 is 40.9. The number of nitrogens with two attached hydrogens (primary N) is 1. The fourth-order valence-electron chi connectivity index (χ4n) is 2.26. The van der Waals surface area contributed by atoms with E-state index in [1.807, 2.05) is 0 Å². The molecule has 108 valence electrons. The molecule has 0 bridgehead atoms. The number of benzene rings is 1. The average Bonchev–Trinajstić information content (AvgIpc) is 2.79. The zero-order valence-corrected chi connectivity index (χ0v) is 11.0. The molecular formula is C14H11F3N4. The number of halogens is 3. The number of anilines is 1. The Morgan fingerprint density at radius 3 is 2.57 bits per heavy atom. The first-order chi connectivity index (χ1) is 9.89. The summed E-state index contributed by atoms with van der Waals surface area (Å²) in [7, 11) is 0. The molecule has 0 aliphatic carbocycles. The minimum atomic E-state index is -4.47. The van der Waals surface area contributed by atoms with Gasteiger partial charge in [0, 0.05) is 11.1 Å². The summed E-state index contributed by atoms with van der Waals surface area (Å²) in [6.07, 6.45) is -1.57. The number of aromatic nitrogens is 3. The van der Waals surface area contributed by atoms with Crippen LogP contribution in [0.15, 0.2) is 36.7 Å². The second-order valence-electron chi connectivity index (χ2n) is 4.67. The molecule has 0 saturated heterocycles. The zero-order valence-electron chi connectivity index (χ0n) is 11.0. The highest BCUT2D eigenvalue weighted by molar-refractivity contribution is 5.77. The summed E-state index contributed by atoms with van der Waals surface area (Å²) in [6, 6.07) is 5.28. The van der Waals surface area contributed by atoms with Gasteiger partial charge in [-0.2, -0.15) is 18.3 Å². The van der Waals surface area contributed by atoms with Crippen molar-refractivity contribution in [3.8, 4) is 11.3 Å². The van der Waals surface area contributed by atoms with Crippen molar-refractivity contribution in [2.75, 3.05) is 5.73 Å². The third kappa shape index (κ3) is 2.10. The van der Waals surface area contributed by atoms with Crippen molar-refractivity contribution in [1.82, 2.24) is 14.6 Å². The fraction of sp³-hybridized carbons (Fsp3) is 0.143. The number of rotatable bonds is 1. The molecule has 7 heteroatoms. The van der Waals surface area contributed by atoms with Gasteiger partial charge in [-0.1, -0.05) is 18.2 Å². The van der Waals surface area contributed by atoms with Crippen molar-refractivity contribution in [2.45, 2.75) is 13.1 Å². The van der Waals surface area contributed by atoms with Gasteiger partial charge in [-0.25, -0.2) is 9.50 Å². The predicted molar refractivity (Wildman–Crippen MR) is 72.6 cm³/mol. The van der Waals surface area contributed by atoms with Crippen LogP contribution in [0.5, 0.6) is 0 Å². The SMILES string of the molecule is Cc1cnn2c(-c3ccccc3C(F)(F)F)c(N)cnc12. The van der Waals surface area contributed by atoms with E-state index in [4.69, 9.17) is 5.73 Å². The van der Waals surface area contributed by atoms with Gasteiger partial charge in [0.2, 0.25) is 0 Å². The van der Waals surface area contributed by atoms with Crippen LogP contribution in [0.2, 0.25) is 0 Å². The van der Waals surface area contributed by atoms with E-state index in [1.54, 1.807) is 13.1 Å². The molecule has 0 aliphatic rings. The molecule has 0 unspecified atom stereocenters. The summed E-state index contributed by atoms with van der Waals surface area (Å²) in [5.41, 5.74) is 6.66. The van der Waals surface area contributed by atoms with Crippen molar-refractivity contribution >= 4 is 11.3 Å². The second kappa shape index (κ2) is 4.47. The predicted octanol–water partition coefficient (Wildman–Crippen LogP) is 3.31. The number of aryl methyl sites for hydroxylation is 1. The van der Waals surface area contributed by atoms with Gasteiger partial charge in [0.1, 0.15) is 0 Å². The van der Waals surface area contributed by atoms with E-state index in [0.29, 0.717) is 5.65 Å². The van der Waals surface area contributed by atoms with Crippen LogP contribution in [0.3, 0.4) is 0 Å². The van der Waals surface area contributed by atoms with Crippen LogP contribution in [0, 0.1) is 6.92 Å². The third-order valence-electron chi connectivity index (χ3n) is 3.22. The first kappa shape index (κ1) is 13.4. The number of fused-ring (bicyclic) bond motifs is 1. The van der Waals surface area contributed by atoms with Gasteiger partial charge in [-0.05, 0) is 13.0 Å². The molecular weight excluding hydrogens is 281 g/mol. The van der Waals surface area contributed by atoms with Crippen LogP contribution in [-0.4, -0.2) is 14.6 Å². The monoisotopic (exact) mass is 292 g/mol. The van der Waals surface area contributed by atoms with E-state index in [-0.39, 0.29) is 16.9 Å². The largest absolute Gasteiger partial charge is 0.417 e. The van der Waals surface area contributed by atoms with Gasteiger partial charge in [0.15, 0.2) is 5.65 Å². The smallest absolute Gasteiger partial charge is 0.396 e. The van der Waals surface area contributed by atoms with Crippen LogP contribution in [0.4, 0.5) is 18.9 Å². The highest BCUT2D eigenvalue weighted by Gasteiger charge is 2.34. The summed E-state index contributed by atoms with van der Waals surface area (Å²) in [5, 5.41) is 4.09. The summed E-state index contributed by atoms with van der Waals surface area (Å²) in [6.45, 7) is 1.78. The number of alkyl halides is 3. The Morgan fingerprint density at radius 1 is 1.14 bits per heavy atom. The van der Waals surface area contributed by atoms with Crippen molar-refractivity contribution in [2.24, 2.45) is 0 Å². The van der Waals surface area contributed by atoms with Gasteiger partial charge < -0.3 is 5.73 Å². The molecule has 21 heavy (non-hydrogen) atoms. The maximum absolute atomic E-state index is 13.2. The Morgan fingerprint density at radius 2 is 1.86 bits per heavy atom. The molecule has 0 amide bonds. The van der Waals surface area contributed by atoms with Gasteiger partial charge in [-0.3, -0.25) is 0 Å². The van der Waals surface area contributed by atoms with Crippen molar-refractivity contribution in [3.05, 3.63) is 47.8 Å². The van der Waals surface area contributed by atoms with Crippen LogP contribution >= 0.6 is 0 Å². The van der Waals surface area contributed by atoms with Gasteiger partial charge >= 0.3 is 6.18 Å². The molecule has 4 nitrogen and oxygen atoms in total. The van der Waals surface area contributed by atoms with E-state index < -0.39 is 11.7 Å². The standard InChI is InChI=1S/C14H11F3N4/c1-8-6-20-21-12(11(18)7-19-13(8)21)9-4-2-3-5-10(9)14(15,16)17/h2-7H,18H2,1H3. The minimum Gasteiger partial charge on any atom is -0.396 e. The Bertz CT molecular complexity index is 821. The Balaban J connectivity index is 2.39. The van der Waals surface area contributed by atoms with Gasteiger partial charge in [0.25, 0.3) is 0 Å². The lowest BCUT2D eigenvalue weighted by Crippen LogP contribution is -2.10. The summed E-state index contributed by atoms with van der Waals surface area (Å²) >= 11 is 0. The third-order valence-corrected chi connectivity index (χ3v) is 3.22.